The first-order chi connectivity index (χ1) is 14.0. The van der Waals surface area contributed by atoms with Crippen LogP contribution in [0.3, 0.4) is 0 Å². The standard InChI is InChI=1S/C20H17ClN4O3S/c21-13-3-1-2-10(7-13)14(8-15(26)23-20-24-22-9-29-20)25-18(27)16-11-4-5-12(6-11)17(16)19(25)28/h1-5,7,9,11-12,14,16-17H,6,8H2,(H,23,24,26). The van der Waals surface area contributed by atoms with Gasteiger partial charge in [0, 0.05) is 5.02 Å². The molecule has 2 fully saturated rings. The number of likely N-dealkylation sites (tertiary alicyclic amines) is 1. The molecule has 1 saturated heterocycles. The van der Waals surface area contributed by atoms with Crippen LogP contribution in [0.15, 0.2) is 41.9 Å². The first kappa shape index (κ1) is 18.4. The highest BCUT2D eigenvalue weighted by molar-refractivity contribution is 7.13. The molecule has 2 heterocycles. The predicted octanol–water partition coefficient (Wildman–Crippen LogP) is 3.07. The maximum absolute atomic E-state index is 13.3. The van der Waals surface area contributed by atoms with Gasteiger partial charge in [0.15, 0.2) is 0 Å². The van der Waals surface area contributed by atoms with Crippen molar-refractivity contribution in [2.45, 2.75) is 18.9 Å². The van der Waals surface area contributed by atoms with E-state index in [2.05, 4.69) is 27.7 Å². The van der Waals surface area contributed by atoms with Gasteiger partial charge >= 0.3 is 0 Å². The Morgan fingerprint density at radius 2 is 1.97 bits per heavy atom. The van der Waals surface area contributed by atoms with E-state index in [0.717, 1.165) is 6.42 Å². The number of carbonyl (C=O) groups is 3. The van der Waals surface area contributed by atoms with Gasteiger partial charge < -0.3 is 5.32 Å². The molecule has 29 heavy (non-hydrogen) atoms. The summed E-state index contributed by atoms with van der Waals surface area (Å²) in [6.07, 6.45) is 4.90. The second-order valence-electron chi connectivity index (χ2n) is 7.61. The van der Waals surface area contributed by atoms with Gasteiger partial charge in [-0.25, -0.2) is 0 Å². The molecule has 2 aliphatic carbocycles. The highest BCUT2D eigenvalue weighted by atomic mass is 35.5. The summed E-state index contributed by atoms with van der Waals surface area (Å²) < 4.78 is 0. The van der Waals surface area contributed by atoms with E-state index in [1.165, 1.54) is 21.7 Å². The van der Waals surface area contributed by atoms with Gasteiger partial charge in [-0.2, -0.15) is 0 Å². The number of nitrogens with zero attached hydrogens (tertiary/aromatic N) is 3. The fourth-order valence-corrected chi connectivity index (χ4v) is 5.54. The number of benzene rings is 1. The Morgan fingerprint density at radius 3 is 2.59 bits per heavy atom. The fraction of sp³-hybridized carbons (Fsp3) is 0.350. The third-order valence-corrected chi connectivity index (χ3v) is 6.88. The number of carbonyl (C=O) groups excluding carboxylic acids is 3. The summed E-state index contributed by atoms with van der Waals surface area (Å²) in [7, 11) is 0. The number of hydrogen-bond donors (Lipinski definition) is 1. The van der Waals surface area contributed by atoms with Crippen LogP contribution in [-0.4, -0.2) is 32.8 Å². The van der Waals surface area contributed by atoms with Gasteiger partial charge in [0.05, 0.1) is 24.3 Å². The number of fused-ring (bicyclic) bond motifs is 5. The number of allylic oxidation sites excluding steroid dienone is 2. The Bertz CT molecular complexity index is 994. The van der Waals surface area contributed by atoms with E-state index in [0.29, 0.717) is 15.7 Å². The fourth-order valence-electron chi connectivity index (χ4n) is 4.88. The molecule has 2 bridgehead atoms. The first-order valence-electron chi connectivity index (χ1n) is 9.39. The summed E-state index contributed by atoms with van der Waals surface area (Å²) in [5.74, 6) is -1.12. The minimum atomic E-state index is -0.716. The zero-order valence-corrected chi connectivity index (χ0v) is 16.8. The van der Waals surface area contributed by atoms with E-state index in [-0.39, 0.29) is 47.8 Å². The second-order valence-corrected chi connectivity index (χ2v) is 8.88. The SMILES string of the molecule is O=C(CC(c1cccc(Cl)c1)N1C(=O)C2C3C=CC(C3)C2C1=O)Nc1nncs1. The molecule has 1 saturated carbocycles. The van der Waals surface area contributed by atoms with Gasteiger partial charge in [-0.3, -0.25) is 19.3 Å². The summed E-state index contributed by atoms with van der Waals surface area (Å²) >= 11 is 7.36. The van der Waals surface area contributed by atoms with Gasteiger partial charge in [-0.1, -0.05) is 47.2 Å². The maximum Gasteiger partial charge on any atom is 0.234 e. The highest BCUT2D eigenvalue weighted by Crippen LogP contribution is 2.54. The van der Waals surface area contributed by atoms with E-state index < -0.39 is 6.04 Å². The first-order valence-corrected chi connectivity index (χ1v) is 10.7. The van der Waals surface area contributed by atoms with Crippen LogP contribution in [0, 0.1) is 23.7 Å². The van der Waals surface area contributed by atoms with Crippen LogP contribution in [0.25, 0.3) is 0 Å². The van der Waals surface area contributed by atoms with Crippen molar-refractivity contribution in [2.75, 3.05) is 5.32 Å². The van der Waals surface area contributed by atoms with E-state index >= 15 is 0 Å². The second kappa shape index (κ2) is 7.03. The normalized spacial score (nSPS) is 28.1. The lowest BCUT2D eigenvalue weighted by molar-refractivity contribution is -0.144. The Hall–Kier alpha value is -2.58. The zero-order chi connectivity index (χ0) is 20.1. The van der Waals surface area contributed by atoms with Gasteiger partial charge in [0.25, 0.3) is 0 Å². The largest absolute Gasteiger partial charge is 0.300 e. The minimum absolute atomic E-state index is 0.0698. The average Bonchev–Trinajstić information content (AvgIpc) is 3.46. The molecule has 3 aliphatic rings. The van der Waals surface area contributed by atoms with Crippen LogP contribution in [0.4, 0.5) is 5.13 Å². The molecule has 1 aromatic carbocycles. The predicted molar refractivity (Wildman–Crippen MR) is 107 cm³/mol. The number of amides is 3. The molecule has 9 heteroatoms. The monoisotopic (exact) mass is 428 g/mol. The van der Waals surface area contributed by atoms with Crippen molar-refractivity contribution >= 4 is 45.8 Å². The third-order valence-electron chi connectivity index (χ3n) is 6.03. The molecule has 5 unspecified atom stereocenters. The summed E-state index contributed by atoms with van der Waals surface area (Å²) in [5, 5.41) is 11.0. The summed E-state index contributed by atoms with van der Waals surface area (Å²) in [6, 6.07) is 6.24. The zero-order valence-electron chi connectivity index (χ0n) is 15.2. The van der Waals surface area contributed by atoms with Crippen molar-refractivity contribution < 1.29 is 14.4 Å². The molecule has 1 N–H and O–H groups in total. The number of nitrogens with one attached hydrogen (secondary N) is 1. The third kappa shape index (κ3) is 3.07. The molecule has 5 rings (SSSR count). The molecular formula is C20H17ClN4O3S. The van der Waals surface area contributed by atoms with Gasteiger partial charge in [-0.15, -0.1) is 10.2 Å². The van der Waals surface area contributed by atoms with Crippen molar-refractivity contribution in [3.63, 3.8) is 0 Å². The molecule has 7 nitrogen and oxygen atoms in total. The number of halogens is 1. The smallest absolute Gasteiger partial charge is 0.234 e. The van der Waals surface area contributed by atoms with Crippen molar-refractivity contribution in [1.82, 2.24) is 15.1 Å². The Balaban J connectivity index is 1.46. The Morgan fingerprint density at radius 1 is 1.24 bits per heavy atom. The molecule has 0 radical (unpaired) electrons. The van der Waals surface area contributed by atoms with E-state index in [1.54, 1.807) is 24.3 Å². The van der Waals surface area contributed by atoms with Crippen molar-refractivity contribution in [3.05, 3.63) is 52.5 Å². The molecule has 2 aromatic rings. The highest BCUT2D eigenvalue weighted by Gasteiger charge is 2.60. The Kier molecular flexibility index (Phi) is 4.48. The van der Waals surface area contributed by atoms with Gasteiger partial charge in [0.2, 0.25) is 22.9 Å². The summed E-state index contributed by atoms with van der Waals surface area (Å²) in [6.45, 7) is 0. The van der Waals surface area contributed by atoms with Crippen LogP contribution in [0.5, 0.6) is 0 Å². The van der Waals surface area contributed by atoms with E-state index in [4.69, 9.17) is 11.6 Å². The molecular weight excluding hydrogens is 412 g/mol. The molecule has 5 atom stereocenters. The topological polar surface area (TPSA) is 92.3 Å². The van der Waals surface area contributed by atoms with Crippen LogP contribution in [0.1, 0.15) is 24.4 Å². The number of anilines is 1. The number of imide groups is 1. The van der Waals surface area contributed by atoms with Gasteiger partial charge in [-0.05, 0) is 36.0 Å². The van der Waals surface area contributed by atoms with Crippen LogP contribution >= 0.6 is 22.9 Å². The lowest BCUT2D eigenvalue weighted by Gasteiger charge is -2.28. The molecule has 3 amide bonds. The Labute approximate surface area is 175 Å². The van der Waals surface area contributed by atoms with Crippen LogP contribution in [-0.2, 0) is 14.4 Å². The maximum atomic E-state index is 13.3. The summed E-state index contributed by atoms with van der Waals surface area (Å²) in [5.41, 5.74) is 2.17. The van der Waals surface area contributed by atoms with Crippen LogP contribution in [0.2, 0.25) is 5.02 Å². The van der Waals surface area contributed by atoms with Crippen molar-refractivity contribution in [1.29, 1.82) is 0 Å². The average molecular weight is 429 g/mol. The van der Waals surface area contributed by atoms with Crippen molar-refractivity contribution in [3.8, 4) is 0 Å². The number of rotatable bonds is 5. The van der Waals surface area contributed by atoms with E-state index in [1.807, 2.05) is 0 Å². The quantitative estimate of drug-likeness (QED) is 0.583. The lowest BCUT2D eigenvalue weighted by atomic mass is 9.85. The van der Waals surface area contributed by atoms with Crippen LogP contribution < -0.4 is 5.32 Å². The summed E-state index contributed by atoms with van der Waals surface area (Å²) in [4.78, 5) is 40.5. The van der Waals surface area contributed by atoms with E-state index in [9.17, 15) is 14.4 Å². The molecule has 148 valence electrons. The molecule has 1 aliphatic heterocycles. The molecule has 1 aromatic heterocycles. The lowest BCUT2D eigenvalue weighted by Crippen LogP contribution is -2.38. The minimum Gasteiger partial charge on any atom is -0.300 e. The number of aromatic nitrogens is 2. The number of hydrogen-bond acceptors (Lipinski definition) is 6. The van der Waals surface area contributed by atoms with Crippen molar-refractivity contribution in [2.24, 2.45) is 23.7 Å². The van der Waals surface area contributed by atoms with Gasteiger partial charge in [0.1, 0.15) is 5.51 Å². The molecule has 0 spiro atoms.